The summed E-state index contributed by atoms with van der Waals surface area (Å²) in [4.78, 5) is 11.1. The molecule has 0 fully saturated rings. The normalized spacial score (nSPS) is 9.62. The maximum Gasteiger partial charge on any atom is 0.333 e. The monoisotopic (exact) mass is 221 g/mol. The number of hydrogen-bond acceptors (Lipinski definition) is 3. The van der Waals surface area contributed by atoms with Gasteiger partial charge in [0.05, 0.1) is 6.61 Å². The van der Waals surface area contributed by atoms with Crippen molar-refractivity contribution in [2.75, 3.05) is 12.4 Å². The number of ether oxygens (including phenoxy) is 1. The van der Waals surface area contributed by atoms with Crippen molar-refractivity contribution < 1.29 is 9.53 Å². The van der Waals surface area contributed by atoms with Crippen LogP contribution in [0.1, 0.15) is 11.1 Å². The van der Waals surface area contributed by atoms with Gasteiger partial charge in [-0.15, -0.1) is 0 Å². The zero-order chi connectivity index (χ0) is 12.0. The SMILES string of the molecule is C=Cc1cccc(NC(=O)NN)c1COC. The molecule has 0 spiro atoms. The number of carbonyl (C=O) groups excluding carboxylic acids is 1. The van der Waals surface area contributed by atoms with Gasteiger partial charge in [-0.25, -0.2) is 10.6 Å². The number of benzene rings is 1. The second kappa shape index (κ2) is 5.89. The topological polar surface area (TPSA) is 76.4 Å². The number of nitrogens with two attached hydrogens (primary N) is 1. The van der Waals surface area contributed by atoms with Crippen LogP contribution < -0.4 is 16.6 Å². The Kier molecular flexibility index (Phi) is 4.50. The molecule has 86 valence electrons. The van der Waals surface area contributed by atoms with Gasteiger partial charge >= 0.3 is 6.03 Å². The summed E-state index contributed by atoms with van der Waals surface area (Å²) < 4.78 is 5.08. The first-order valence-electron chi connectivity index (χ1n) is 4.73. The number of urea groups is 1. The molecule has 0 aliphatic carbocycles. The number of carbonyl (C=O) groups is 1. The third-order valence-electron chi connectivity index (χ3n) is 2.10. The summed E-state index contributed by atoms with van der Waals surface area (Å²) in [5, 5.41) is 2.62. The summed E-state index contributed by atoms with van der Waals surface area (Å²) >= 11 is 0. The van der Waals surface area contributed by atoms with Crippen molar-refractivity contribution in [2.45, 2.75) is 6.61 Å². The van der Waals surface area contributed by atoms with Crippen LogP contribution in [-0.4, -0.2) is 13.1 Å². The Morgan fingerprint density at radius 2 is 2.38 bits per heavy atom. The number of hydrogen-bond donors (Lipinski definition) is 3. The summed E-state index contributed by atoms with van der Waals surface area (Å²) in [7, 11) is 1.59. The third kappa shape index (κ3) is 2.82. The van der Waals surface area contributed by atoms with E-state index in [0.29, 0.717) is 12.3 Å². The maximum absolute atomic E-state index is 11.1. The first-order valence-corrected chi connectivity index (χ1v) is 4.73. The van der Waals surface area contributed by atoms with Crippen molar-refractivity contribution in [1.82, 2.24) is 5.43 Å². The first-order chi connectivity index (χ1) is 7.72. The second-order valence-corrected chi connectivity index (χ2v) is 3.11. The maximum atomic E-state index is 11.1. The zero-order valence-corrected chi connectivity index (χ0v) is 9.12. The first kappa shape index (κ1) is 12.2. The molecule has 0 aliphatic heterocycles. The minimum Gasteiger partial charge on any atom is -0.380 e. The minimum atomic E-state index is -0.474. The van der Waals surface area contributed by atoms with Crippen LogP contribution in [0.2, 0.25) is 0 Å². The lowest BCUT2D eigenvalue weighted by Gasteiger charge is -2.12. The van der Waals surface area contributed by atoms with Crippen LogP contribution in [0.25, 0.3) is 6.08 Å². The highest BCUT2D eigenvalue weighted by Crippen LogP contribution is 2.21. The molecule has 5 nitrogen and oxygen atoms in total. The number of amides is 2. The van der Waals surface area contributed by atoms with Crippen LogP contribution in [0.3, 0.4) is 0 Å². The smallest absolute Gasteiger partial charge is 0.333 e. The molecule has 4 N–H and O–H groups in total. The largest absolute Gasteiger partial charge is 0.380 e. The molecular formula is C11H15N3O2. The van der Waals surface area contributed by atoms with Crippen molar-refractivity contribution in [2.24, 2.45) is 5.84 Å². The van der Waals surface area contributed by atoms with E-state index in [2.05, 4.69) is 11.9 Å². The third-order valence-corrected chi connectivity index (χ3v) is 2.10. The standard InChI is InChI=1S/C11H15N3O2/c1-3-8-5-4-6-10(9(8)7-16-2)13-11(15)14-12/h3-6H,1,7,12H2,2H3,(H2,13,14,15). The number of anilines is 1. The van der Waals surface area contributed by atoms with E-state index in [9.17, 15) is 4.79 Å². The van der Waals surface area contributed by atoms with Crippen molar-refractivity contribution in [3.63, 3.8) is 0 Å². The van der Waals surface area contributed by atoms with Gasteiger partial charge in [0.2, 0.25) is 0 Å². The van der Waals surface area contributed by atoms with Crippen molar-refractivity contribution in [3.8, 4) is 0 Å². The fourth-order valence-electron chi connectivity index (χ4n) is 1.38. The Bertz CT molecular complexity index is 391. The predicted molar refractivity (Wildman–Crippen MR) is 63.6 cm³/mol. The van der Waals surface area contributed by atoms with Crippen LogP contribution in [0, 0.1) is 0 Å². The Morgan fingerprint density at radius 1 is 1.62 bits per heavy atom. The molecule has 1 rings (SSSR count). The number of rotatable bonds is 4. The fourth-order valence-corrected chi connectivity index (χ4v) is 1.38. The molecule has 0 unspecified atom stereocenters. The van der Waals surface area contributed by atoms with Gasteiger partial charge < -0.3 is 10.1 Å². The van der Waals surface area contributed by atoms with Gasteiger partial charge in [0.1, 0.15) is 0 Å². The molecule has 1 aromatic carbocycles. The predicted octanol–water partition coefficient (Wildman–Crippen LogP) is 1.47. The average molecular weight is 221 g/mol. The molecule has 0 atom stereocenters. The van der Waals surface area contributed by atoms with Gasteiger partial charge in [0.25, 0.3) is 0 Å². The quantitative estimate of drug-likeness (QED) is 0.409. The van der Waals surface area contributed by atoms with E-state index in [1.54, 1.807) is 19.3 Å². The number of methoxy groups -OCH3 is 1. The zero-order valence-electron chi connectivity index (χ0n) is 9.12. The minimum absolute atomic E-state index is 0.391. The van der Waals surface area contributed by atoms with Crippen molar-refractivity contribution >= 4 is 17.8 Å². The van der Waals surface area contributed by atoms with E-state index >= 15 is 0 Å². The van der Waals surface area contributed by atoms with Crippen LogP contribution >= 0.6 is 0 Å². The molecule has 0 aliphatic rings. The average Bonchev–Trinajstić information content (AvgIpc) is 2.31. The molecule has 0 aromatic heterocycles. The van der Waals surface area contributed by atoms with Gasteiger partial charge in [0.15, 0.2) is 0 Å². The van der Waals surface area contributed by atoms with Crippen LogP contribution in [0.5, 0.6) is 0 Å². The Morgan fingerprint density at radius 3 is 2.94 bits per heavy atom. The molecule has 2 amide bonds. The Balaban J connectivity index is 3.05. The number of hydrazine groups is 1. The molecule has 16 heavy (non-hydrogen) atoms. The molecular weight excluding hydrogens is 206 g/mol. The van der Waals surface area contributed by atoms with Crippen molar-refractivity contribution in [3.05, 3.63) is 35.9 Å². The molecule has 0 saturated carbocycles. The number of nitrogens with one attached hydrogen (secondary N) is 2. The highest BCUT2D eigenvalue weighted by molar-refractivity contribution is 5.90. The lowest BCUT2D eigenvalue weighted by Crippen LogP contribution is -2.34. The van der Waals surface area contributed by atoms with E-state index in [0.717, 1.165) is 11.1 Å². The lowest BCUT2D eigenvalue weighted by molar-refractivity contribution is 0.185. The highest BCUT2D eigenvalue weighted by Gasteiger charge is 2.08. The summed E-state index contributed by atoms with van der Waals surface area (Å²) in [5.41, 5.74) is 4.44. The van der Waals surface area contributed by atoms with Gasteiger partial charge in [-0.2, -0.15) is 0 Å². The van der Waals surface area contributed by atoms with Gasteiger partial charge in [0, 0.05) is 18.4 Å². The molecule has 0 bridgehead atoms. The molecule has 0 heterocycles. The molecule has 0 radical (unpaired) electrons. The molecule has 1 aromatic rings. The van der Waals surface area contributed by atoms with Crippen molar-refractivity contribution in [1.29, 1.82) is 0 Å². The Hall–Kier alpha value is -1.85. The van der Waals surface area contributed by atoms with Crippen LogP contribution in [0.15, 0.2) is 24.8 Å². The van der Waals surface area contributed by atoms with E-state index in [1.165, 1.54) is 0 Å². The van der Waals surface area contributed by atoms with Crippen LogP contribution in [-0.2, 0) is 11.3 Å². The van der Waals surface area contributed by atoms with E-state index in [4.69, 9.17) is 10.6 Å². The van der Waals surface area contributed by atoms with E-state index < -0.39 is 6.03 Å². The second-order valence-electron chi connectivity index (χ2n) is 3.11. The Labute approximate surface area is 94.3 Å². The molecule has 5 heteroatoms. The summed E-state index contributed by atoms with van der Waals surface area (Å²) in [6, 6.07) is 5.02. The van der Waals surface area contributed by atoms with Crippen LogP contribution in [0.4, 0.5) is 10.5 Å². The fraction of sp³-hybridized carbons (Fsp3) is 0.182. The van der Waals surface area contributed by atoms with E-state index in [1.807, 2.05) is 17.6 Å². The van der Waals surface area contributed by atoms with E-state index in [-0.39, 0.29) is 0 Å². The van der Waals surface area contributed by atoms with Gasteiger partial charge in [-0.3, -0.25) is 5.43 Å². The summed E-state index contributed by atoms with van der Waals surface area (Å²) in [5.74, 6) is 5.00. The highest BCUT2D eigenvalue weighted by atomic mass is 16.5. The molecule has 0 saturated heterocycles. The summed E-state index contributed by atoms with van der Waals surface area (Å²) in [6.45, 7) is 4.10. The van der Waals surface area contributed by atoms with Gasteiger partial charge in [-0.1, -0.05) is 24.8 Å². The summed E-state index contributed by atoms with van der Waals surface area (Å²) in [6.07, 6.45) is 1.71. The lowest BCUT2D eigenvalue weighted by atomic mass is 10.1. The van der Waals surface area contributed by atoms with Gasteiger partial charge in [-0.05, 0) is 11.6 Å².